The highest BCUT2D eigenvalue weighted by atomic mass is 35.5. The van der Waals surface area contributed by atoms with Gasteiger partial charge in [0, 0.05) is 12.4 Å². The number of fused-ring (bicyclic) bond motifs is 1. The molecule has 0 aliphatic carbocycles. The van der Waals surface area contributed by atoms with Crippen LogP contribution in [0.3, 0.4) is 0 Å². The molecule has 0 saturated heterocycles. The number of pyridine rings is 1. The molecule has 0 saturated carbocycles. The number of carboxylic acid groups (broad SMARTS) is 1. The van der Waals surface area contributed by atoms with Crippen molar-refractivity contribution in [3.63, 3.8) is 0 Å². The fourth-order valence-corrected chi connectivity index (χ4v) is 1.36. The summed E-state index contributed by atoms with van der Waals surface area (Å²) in [4.78, 5) is 17.4. The van der Waals surface area contributed by atoms with E-state index in [1.807, 2.05) is 0 Å². The van der Waals surface area contributed by atoms with Crippen LogP contribution in [0.4, 0.5) is 0 Å². The zero-order valence-corrected chi connectivity index (χ0v) is 7.17. The van der Waals surface area contributed by atoms with Gasteiger partial charge in [0.1, 0.15) is 11.1 Å². The van der Waals surface area contributed by atoms with E-state index in [0.29, 0.717) is 16.1 Å². The molecule has 0 amide bonds. The second kappa shape index (κ2) is 2.74. The predicted octanol–water partition coefficient (Wildman–Crippen LogP) is 1.91. The summed E-state index contributed by atoms with van der Waals surface area (Å²) in [6, 6.07) is 1.60. The SMILES string of the molecule is O=C(O)c1c[nH]c2c(Cl)ccnc12. The number of nitrogens with one attached hydrogen (secondary N) is 1. The lowest BCUT2D eigenvalue weighted by molar-refractivity contribution is 0.0699. The van der Waals surface area contributed by atoms with Crippen LogP contribution in [0.1, 0.15) is 10.4 Å². The van der Waals surface area contributed by atoms with Crippen LogP contribution in [-0.2, 0) is 0 Å². The largest absolute Gasteiger partial charge is 0.478 e. The van der Waals surface area contributed by atoms with Crippen molar-refractivity contribution < 1.29 is 9.90 Å². The highest BCUT2D eigenvalue weighted by Gasteiger charge is 2.12. The summed E-state index contributed by atoms with van der Waals surface area (Å²) < 4.78 is 0. The standard InChI is InChI=1S/C8H5ClN2O2/c9-5-1-2-10-6-4(8(12)13)3-11-7(5)6/h1-3,11H,(H,12,13). The average Bonchev–Trinajstić information content (AvgIpc) is 2.48. The lowest BCUT2D eigenvalue weighted by Crippen LogP contribution is -1.94. The maximum absolute atomic E-state index is 10.7. The van der Waals surface area contributed by atoms with E-state index in [-0.39, 0.29) is 5.56 Å². The number of rotatable bonds is 1. The highest BCUT2D eigenvalue weighted by molar-refractivity contribution is 6.35. The minimum Gasteiger partial charge on any atom is -0.478 e. The van der Waals surface area contributed by atoms with Gasteiger partial charge in [0.15, 0.2) is 0 Å². The third kappa shape index (κ3) is 1.15. The van der Waals surface area contributed by atoms with E-state index in [1.165, 1.54) is 12.4 Å². The second-order valence-corrected chi connectivity index (χ2v) is 2.93. The predicted molar refractivity (Wildman–Crippen MR) is 48.1 cm³/mol. The van der Waals surface area contributed by atoms with Gasteiger partial charge in [-0.15, -0.1) is 0 Å². The number of hydrogen-bond acceptors (Lipinski definition) is 2. The van der Waals surface area contributed by atoms with Gasteiger partial charge in [-0.1, -0.05) is 11.6 Å². The molecule has 0 spiro atoms. The molecule has 2 aromatic heterocycles. The van der Waals surface area contributed by atoms with Gasteiger partial charge < -0.3 is 10.1 Å². The Bertz CT molecular complexity index is 478. The van der Waals surface area contributed by atoms with E-state index in [2.05, 4.69) is 9.97 Å². The smallest absolute Gasteiger partial charge is 0.339 e. The molecule has 0 aliphatic heterocycles. The summed E-state index contributed by atoms with van der Waals surface area (Å²) in [6.45, 7) is 0. The first-order valence-electron chi connectivity index (χ1n) is 3.55. The minimum atomic E-state index is -1.01. The molecule has 2 heterocycles. The van der Waals surface area contributed by atoms with Crippen LogP contribution < -0.4 is 0 Å². The Hall–Kier alpha value is -1.55. The molecule has 0 bridgehead atoms. The van der Waals surface area contributed by atoms with Crippen molar-refractivity contribution in [3.05, 3.63) is 29.0 Å². The fourth-order valence-electron chi connectivity index (χ4n) is 1.16. The Morgan fingerprint density at radius 1 is 1.62 bits per heavy atom. The fraction of sp³-hybridized carbons (Fsp3) is 0. The molecule has 2 N–H and O–H groups in total. The Labute approximate surface area is 78.2 Å². The van der Waals surface area contributed by atoms with Crippen molar-refractivity contribution in [3.8, 4) is 0 Å². The summed E-state index contributed by atoms with van der Waals surface area (Å²) in [5.74, 6) is -1.01. The summed E-state index contributed by atoms with van der Waals surface area (Å²) >= 11 is 5.81. The van der Waals surface area contributed by atoms with Crippen LogP contribution in [0.2, 0.25) is 5.02 Å². The van der Waals surface area contributed by atoms with E-state index in [1.54, 1.807) is 6.07 Å². The average molecular weight is 197 g/mol. The number of aromatic nitrogens is 2. The molecule has 66 valence electrons. The quantitative estimate of drug-likeness (QED) is 0.732. The number of carbonyl (C=O) groups is 1. The van der Waals surface area contributed by atoms with Gasteiger partial charge in [-0.25, -0.2) is 4.79 Å². The molecular weight excluding hydrogens is 192 g/mol. The van der Waals surface area contributed by atoms with Gasteiger partial charge in [0.25, 0.3) is 0 Å². The van der Waals surface area contributed by atoms with Gasteiger partial charge in [0.2, 0.25) is 0 Å². The molecule has 0 aromatic carbocycles. The van der Waals surface area contributed by atoms with E-state index in [0.717, 1.165) is 0 Å². The molecule has 0 fully saturated rings. The lowest BCUT2D eigenvalue weighted by atomic mass is 10.3. The molecule has 0 radical (unpaired) electrons. The first-order valence-corrected chi connectivity index (χ1v) is 3.93. The highest BCUT2D eigenvalue weighted by Crippen LogP contribution is 2.22. The monoisotopic (exact) mass is 196 g/mol. The van der Waals surface area contributed by atoms with Gasteiger partial charge in [-0.3, -0.25) is 4.98 Å². The summed E-state index contributed by atoms with van der Waals surface area (Å²) in [7, 11) is 0. The number of nitrogens with zero attached hydrogens (tertiary/aromatic N) is 1. The molecule has 2 aromatic rings. The minimum absolute atomic E-state index is 0.137. The Kier molecular flexibility index (Phi) is 1.70. The number of aromatic amines is 1. The van der Waals surface area contributed by atoms with Crippen molar-refractivity contribution >= 4 is 28.6 Å². The maximum atomic E-state index is 10.7. The maximum Gasteiger partial charge on any atom is 0.339 e. The van der Waals surface area contributed by atoms with E-state index in [9.17, 15) is 4.79 Å². The number of H-pyrrole nitrogens is 1. The number of hydrogen-bond donors (Lipinski definition) is 2. The Morgan fingerprint density at radius 2 is 2.38 bits per heavy atom. The Balaban J connectivity index is 2.83. The van der Waals surface area contributed by atoms with Crippen LogP contribution in [0.5, 0.6) is 0 Å². The summed E-state index contributed by atoms with van der Waals surface area (Å²) in [5.41, 5.74) is 1.08. The molecule has 4 nitrogen and oxygen atoms in total. The number of aromatic carboxylic acids is 1. The molecule has 0 atom stereocenters. The van der Waals surface area contributed by atoms with Crippen LogP contribution in [-0.4, -0.2) is 21.0 Å². The third-order valence-electron chi connectivity index (χ3n) is 1.75. The second-order valence-electron chi connectivity index (χ2n) is 2.52. The van der Waals surface area contributed by atoms with Crippen LogP contribution in [0.15, 0.2) is 18.5 Å². The summed E-state index contributed by atoms with van der Waals surface area (Å²) in [6.07, 6.45) is 2.86. The molecule has 13 heavy (non-hydrogen) atoms. The molecule has 0 unspecified atom stereocenters. The molecule has 5 heteroatoms. The van der Waals surface area contributed by atoms with Gasteiger partial charge in [0.05, 0.1) is 10.5 Å². The van der Waals surface area contributed by atoms with Gasteiger partial charge in [-0.2, -0.15) is 0 Å². The lowest BCUT2D eigenvalue weighted by Gasteiger charge is -1.92. The summed E-state index contributed by atoms with van der Waals surface area (Å²) in [5, 5.41) is 9.23. The zero-order chi connectivity index (χ0) is 9.42. The van der Waals surface area contributed by atoms with Crippen molar-refractivity contribution in [2.24, 2.45) is 0 Å². The Morgan fingerprint density at radius 3 is 3.08 bits per heavy atom. The van der Waals surface area contributed by atoms with Crippen LogP contribution in [0.25, 0.3) is 11.0 Å². The van der Waals surface area contributed by atoms with Crippen molar-refractivity contribution in [2.75, 3.05) is 0 Å². The van der Waals surface area contributed by atoms with E-state index < -0.39 is 5.97 Å². The van der Waals surface area contributed by atoms with Gasteiger partial charge >= 0.3 is 5.97 Å². The zero-order valence-electron chi connectivity index (χ0n) is 6.41. The van der Waals surface area contributed by atoms with Crippen molar-refractivity contribution in [1.82, 2.24) is 9.97 Å². The number of halogens is 1. The van der Waals surface area contributed by atoms with Crippen molar-refractivity contribution in [2.45, 2.75) is 0 Å². The van der Waals surface area contributed by atoms with Crippen molar-refractivity contribution in [1.29, 1.82) is 0 Å². The van der Waals surface area contributed by atoms with Crippen LogP contribution >= 0.6 is 11.6 Å². The first-order chi connectivity index (χ1) is 6.20. The molecule has 2 rings (SSSR count). The topological polar surface area (TPSA) is 66.0 Å². The molecular formula is C8H5ClN2O2. The van der Waals surface area contributed by atoms with Gasteiger partial charge in [-0.05, 0) is 6.07 Å². The van der Waals surface area contributed by atoms with E-state index in [4.69, 9.17) is 16.7 Å². The normalized spacial score (nSPS) is 10.5. The first kappa shape index (κ1) is 8.07. The van der Waals surface area contributed by atoms with Crippen LogP contribution in [0, 0.1) is 0 Å². The third-order valence-corrected chi connectivity index (χ3v) is 2.06. The van der Waals surface area contributed by atoms with E-state index >= 15 is 0 Å². The number of carboxylic acids is 1. The molecule has 0 aliphatic rings.